The number of nitrogens with one attached hydrogen (secondary N) is 1. The lowest BCUT2D eigenvalue weighted by Crippen LogP contribution is -2.51. The number of piperazine rings is 1. The number of nitrogens with zero attached hydrogens (tertiary/aromatic N) is 2. The lowest BCUT2D eigenvalue weighted by atomic mass is 10.1. The second kappa shape index (κ2) is 8.06. The van der Waals surface area contributed by atoms with Crippen molar-refractivity contribution in [2.75, 3.05) is 32.7 Å². The van der Waals surface area contributed by atoms with Gasteiger partial charge in [0.25, 0.3) is 5.91 Å². The van der Waals surface area contributed by atoms with Gasteiger partial charge in [0.15, 0.2) is 0 Å². The molecule has 1 aromatic carbocycles. The number of benzene rings is 1. The molecular formula is C17H24FN3O2. The number of hydrogen-bond acceptors (Lipinski definition) is 3. The normalized spacial score (nSPS) is 16.9. The highest BCUT2D eigenvalue weighted by Crippen LogP contribution is 2.12. The second-order valence-corrected chi connectivity index (χ2v) is 5.93. The van der Waals surface area contributed by atoms with Crippen molar-refractivity contribution in [1.82, 2.24) is 15.1 Å². The maximum atomic E-state index is 13.7. The zero-order valence-electron chi connectivity index (χ0n) is 13.7. The van der Waals surface area contributed by atoms with Crippen molar-refractivity contribution in [3.63, 3.8) is 0 Å². The van der Waals surface area contributed by atoms with E-state index in [4.69, 9.17) is 0 Å². The Morgan fingerprint density at radius 3 is 2.48 bits per heavy atom. The standard InChI is InChI=1S/C17H24FN3O2/c1-3-13(2)19-16(22)12-20-8-10-21(11-9-20)17(23)14-6-4-5-7-15(14)18/h4-7,13H,3,8-12H2,1-2H3,(H,19,22). The van der Waals surface area contributed by atoms with Gasteiger partial charge in [-0.25, -0.2) is 4.39 Å². The first-order valence-corrected chi connectivity index (χ1v) is 8.06. The van der Waals surface area contributed by atoms with E-state index in [1.165, 1.54) is 12.1 Å². The number of carbonyl (C=O) groups excluding carboxylic acids is 2. The van der Waals surface area contributed by atoms with Gasteiger partial charge in [0.05, 0.1) is 12.1 Å². The van der Waals surface area contributed by atoms with Crippen molar-refractivity contribution < 1.29 is 14.0 Å². The Morgan fingerprint density at radius 2 is 1.87 bits per heavy atom. The van der Waals surface area contributed by atoms with Crippen LogP contribution >= 0.6 is 0 Å². The van der Waals surface area contributed by atoms with Crippen molar-refractivity contribution in [3.8, 4) is 0 Å². The fourth-order valence-electron chi connectivity index (χ4n) is 2.54. The SMILES string of the molecule is CCC(C)NC(=O)CN1CCN(C(=O)c2ccccc2F)CC1. The van der Waals surface area contributed by atoms with Crippen LogP contribution in [0.2, 0.25) is 0 Å². The third-order valence-electron chi connectivity index (χ3n) is 4.15. The predicted octanol–water partition coefficient (Wildman–Crippen LogP) is 1.50. The smallest absolute Gasteiger partial charge is 0.256 e. The Hall–Kier alpha value is -1.95. The van der Waals surface area contributed by atoms with Crippen LogP contribution in [0.1, 0.15) is 30.6 Å². The molecule has 1 N–H and O–H groups in total. The Morgan fingerprint density at radius 1 is 1.22 bits per heavy atom. The highest BCUT2D eigenvalue weighted by Gasteiger charge is 2.24. The van der Waals surface area contributed by atoms with Crippen LogP contribution < -0.4 is 5.32 Å². The minimum atomic E-state index is -0.493. The number of carbonyl (C=O) groups is 2. The summed E-state index contributed by atoms with van der Waals surface area (Å²) in [5.74, 6) is -0.770. The van der Waals surface area contributed by atoms with Crippen LogP contribution in [0.25, 0.3) is 0 Å². The molecule has 0 saturated carbocycles. The van der Waals surface area contributed by atoms with Crippen molar-refractivity contribution in [2.24, 2.45) is 0 Å². The molecule has 126 valence electrons. The summed E-state index contributed by atoms with van der Waals surface area (Å²) >= 11 is 0. The minimum absolute atomic E-state index is 0.00762. The first kappa shape index (κ1) is 17.4. The molecule has 0 spiro atoms. The fraction of sp³-hybridized carbons (Fsp3) is 0.529. The molecule has 1 heterocycles. The van der Waals surface area contributed by atoms with Crippen LogP contribution in [0.3, 0.4) is 0 Å². The van der Waals surface area contributed by atoms with E-state index in [0.717, 1.165) is 6.42 Å². The molecule has 2 amide bonds. The van der Waals surface area contributed by atoms with Gasteiger partial charge in [0, 0.05) is 32.2 Å². The van der Waals surface area contributed by atoms with E-state index >= 15 is 0 Å². The van der Waals surface area contributed by atoms with Gasteiger partial charge in [-0.3, -0.25) is 14.5 Å². The van der Waals surface area contributed by atoms with E-state index in [0.29, 0.717) is 32.7 Å². The highest BCUT2D eigenvalue weighted by atomic mass is 19.1. The molecule has 1 atom stereocenters. The summed E-state index contributed by atoms with van der Waals surface area (Å²) in [4.78, 5) is 27.9. The zero-order chi connectivity index (χ0) is 16.8. The maximum Gasteiger partial charge on any atom is 0.256 e. The molecule has 1 aromatic rings. The Bertz CT molecular complexity index is 557. The average molecular weight is 321 g/mol. The Labute approximate surface area is 136 Å². The first-order chi connectivity index (χ1) is 11.0. The van der Waals surface area contributed by atoms with Crippen molar-refractivity contribution in [3.05, 3.63) is 35.6 Å². The van der Waals surface area contributed by atoms with Gasteiger partial charge in [-0.1, -0.05) is 19.1 Å². The van der Waals surface area contributed by atoms with Crippen molar-refractivity contribution >= 4 is 11.8 Å². The van der Waals surface area contributed by atoms with Gasteiger partial charge in [-0.05, 0) is 25.5 Å². The third kappa shape index (κ3) is 4.76. The summed E-state index contributed by atoms with van der Waals surface area (Å²) in [6.07, 6.45) is 0.899. The Balaban J connectivity index is 1.83. The second-order valence-electron chi connectivity index (χ2n) is 5.93. The molecule has 5 nitrogen and oxygen atoms in total. The summed E-state index contributed by atoms with van der Waals surface area (Å²) in [6, 6.07) is 6.20. The van der Waals surface area contributed by atoms with Crippen LogP contribution in [-0.2, 0) is 4.79 Å². The predicted molar refractivity (Wildman–Crippen MR) is 86.6 cm³/mol. The molecule has 1 saturated heterocycles. The van der Waals surface area contributed by atoms with Gasteiger partial charge in [0.1, 0.15) is 5.82 Å². The molecule has 1 aliphatic rings. The summed E-state index contributed by atoms with van der Waals surface area (Å²) in [6.45, 7) is 6.59. The van der Waals surface area contributed by atoms with E-state index in [-0.39, 0.29) is 23.4 Å². The zero-order valence-corrected chi connectivity index (χ0v) is 13.7. The van der Waals surface area contributed by atoms with Crippen molar-refractivity contribution in [1.29, 1.82) is 0 Å². The molecule has 23 heavy (non-hydrogen) atoms. The quantitative estimate of drug-likeness (QED) is 0.894. The minimum Gasteiger partial charge on any atom is -0.353 e. The van der Waals surface area contributed by atoms with E-state index < -0.39 is 5.82 Å². The van der Waals surface area contributed by atoms with E-state index in [1.54, 1.807) is 17.0 Å². The lowest BCUT2D eigenvalue weighted by molar-refractivity contribution is -0.123. The molecule has 0 radical (unpaired) electrons. The highest BCUT2D eigenvalue weighted by molar-refractivity contribution is 5.94. The number of rotatable bonds is 5. The van der Waals surface area contributed by atoms with Gasteiger partial charge in [0.2, 0.25) is 5.91 Å². The third-order valence-corrected chi connectivity index (χ3v) is 4.15. The van der Waals surface area contributed by atoms with Gasteiger partial charge < -0.3 is 10.2 Å². The van der Waals surface area contributed by atoms with Crippen LogP contribution in [0.15, 0.2) is 24.3 Å². The average Bonchev–Trinajstić information content (AvgIpc) is 2.55. The van der Waals surface area contributed by atoms with Crippen LogP contribution in [0.5, 0.6) is 0 Å². The van der Waals surface area contributed by atoms with Crippen LogP contribution in [0.4, 0.5) is 4.39 Å². The largest absolute Gasteiger partial charge is 0.353 e. The molecule has 1 aliphatic heterocycles. The summed E-state index contributed by atoms with van der Waals surface area (Å²) in [5, 5.41) is 2.93. The van der Waals surface area contributed by atoms with Gasteiger partial charge >= 0.3 is 0 Å². The fourth-order valence-corrected chi connectivity index (χ4v) is 2.54. The molecule has 2 rings (SSSR count). The molecule has 6 heteroatoms. The molecule has 1 unspecified atom stereocenters. The molecule has 0 aromatic heterocycles. The van der Waals surface area contributed by atoms with Gasteiger partial charge in [-0.2, -0.15) is 0 Å². The molecule has 1 fully saturated rings. The summed E-state index contributed by atoms with van der Waals surface area (Å²) in [7, 11) is 0. The van der Waals surface area contributed by atoms with Crippen molar-refractivity contribution in [2.45, 2.75) is 26.3 Å². The first-order valence-electron chi connectivity index (χ1n) is 8.06. The summed E-state index contributed by atoms with van der Waals surface area (Å²) < 4.78 is 13.7. The van der Waals surface area contributed by atoms with Crippen LogP contribution in [-0.4, -0.2) is 60.4 Å². The van der Waals surface area contributed by atoms with Gasteiger partial charge in [-0.15, -0.1) is 0 Å². The van der Waals surface area contributed by atoms with Crippen LogP contribution in [0, 0.1) is 5.82 Å². The Kier molecular flexibility index (Phi) is 6.10. The summed E-state index contributed by atoms with van der Waals surface area (Å²) in [5.41, 5.74) is 0.107. The van der Waals surface area contributed by atoms with E-state index in [2.05, 4.69) is 5.32 Å². The molecule has 0 aliphatic carbocycles. The topological polar surface area (TPSA) is 52.7 Å². The molecular weight excluding hydrogens is 297 g/mol. The lowest BCUT2D eigenvalue weighted by Gasteiger charge is -2.34. The van der Waals surface area contributed by atoms with E-state index in [1.807, 2.05) is 18.7 Å². The number of hydrogen-bond donors (Lipinski definition) is 1. The number of halogens is 1. The maximum absolute atomic E-state index is 13.7. The number of amides is 2. The monoisotopic (exact) mass is 321 g/mol. The molecule has 0 bridgehead atoms. The van der Waals surface area contributed by atoms with E-state index in [9.17, 15) is 14.0 Å².